The molecule has 0 saturated heterocycles. The molecule has 3 rings (SSSR count). The first-order valence-electron chi connectivity index (χ1n) is 6.61. The van der Waals surface area contributed by atoms with Gasteiger partial charge in [-0.3, -0.25) is 4.57 Å². The van der Waals surface area contributed by atoms with E-state index in [9.17, 15) is 9.65 Å². The van der Waals surface area contributed by atoms with E-state index in [4.69, 9.17) is 5.73 Å². The van der Waals surface area contributed by atoms with Crippen LogP contribution < -0.4 is 5.73 Å². The monoisotopic (exact) mass is 280 g/mol. The zero-order valence-corrected chi connectivity index (χ0v) is 11.5. The van der Waals surface area contributed by atoms with E-state index in [1.807, 2.05) is 23.6 Å². The van der Waals surface area contributed by atoms with Gasteiger partial charge in [0.25, 0.3) is 0 Å². The molecule has 0 radical (unpaired) electrons. The van der Waals surface area contributed by atoms with Crippen molar-refractivity contribution in [2.75, 3.05) is 5.73 Å². The normalized spacial score (nSPS) is 10.7. The van der Waals surface area contributed by atoms with Crippen LogP contribution in [0.15, 0.2) is 36.4 Å². The van der Waals surface area contributed by atoms with E-state index < -0.39 is 5.82 Å². The Balaban J connectivity index is 2.40. The highest BCUT2D eigenvalue weighted by Gasteiger charge is 2.16. The second-order valence-corrected chi connectivity index (χ2v) is 4.71. The van der Waals surface area contributed by atoms with Crippen molar-refractivity contribution in [3.05, 3.63) is 53.6 Å². The minimum atomic E-state index is -0.533. The van der Waals surface area contributed by atoms with E-state index in [-0.39, 0.29) is 5.56 Å². The summed E-state index contributed by atoms with van der Waals surface area (Å²) in [5.41, 5.74) is 8.46. The van der Waals surface area contributed by atoms with Crippen molar-refractivity contribution in [3.63, 3.8) is 0 Å². The molecule has 4 nitrogen and oxygen atoms in total. The molecule has 2 N–H and O–H groups in total. The van der Waals surface area contributed by atoms with E-state index >= 15 is 0 Å². The van der Waals surface area contributed by atoms with Gasteiger partial charge < -0.3 is 5.73 Å². The topological polar surface area (TPSA) is 67.6 Å². The van der Waals surface area contributed by atoms with Crippen molar-refractivity contribution >= 4 is 16.7 Å². The number of nitrogens with zero attached hydrogens (tertiary/aromatic N) is 3. The Kier molecular flexibility index (Phi) is 3.07. The highest BCUT2D eigenvalue weighted by molar-refractivity contribution is 5.82. The van der Waals surface area contributed by atoms with Gasteiger partial charge >= 0.3 is 0 Å². The van der Waals surface area contributed by atoms with E-state index in [0.717, 1.165) is 16.9 Å². The van der Waals surface area contributed by atoms with E-state index in [2.05, 4.69) is 4.98 Å². The van der Waals surface area contributed by atoms with Crippen molar-refractivity contribution in [3.8, 4) is 11.8 Å². The molecular weight excluding hydrogens is 267 g/mol. The Bertz CT molecular complexity index is 874. The Morgan fingerprint density at radius 3 is 2.86 bits per heavy atom. The molecule has 0 saturated carbocycles. The van der Waals surface area contributed by atoms with Gasteiger partial charge in [0.05, 0.1) is 16.7 Å². The summed E-state index contributed by atoms with van der Waals surface area (Å²) in [5.74, 6) is 0.229. The van der Waals surface area contributed by atoms with Gasteiger partial charge in [-0.15, -0.1) is 0 Å². The molecule has 0 bridgehead atoms. The number of imidazole rings is 1. The largest absolute Gasteiger partial charge is 0.399 e. The fraction of sp³-hybridized carbons (Fsp3) is 0.125. The molecule has 0 amide bonds. The molecule has 0 atom stereocenters. The van der Waals surface area contributed by atoms with Crippen LogP contribution in [0.4, 0.5) is 10.1 Å². The summed E-state index contributed by atoms with van der Waals surface area (Å²) in [6, 6.07) is 11.9. The van der Waals surface area contributed by atoms with Gasteiger partial charge in [-0.1, -0.05) is 13.0 Å². The van der Waals surface area contributed by atoms with Crippen LogP contribution in [0, 0.1) is 17.1 Å². The third-order valence-electron chi connectivity index (χ3n) is 3.41. The molecule has 104 valence electrons. The van der Waals surface area contributed by atoms with Crippen molar-refractivity contribution in [1.82, 2.24) is 9.55 Å². The van der Waals surface area contributed by atoms with E-state index in [0.29, 0.717) is 17.8 Å². The molecule has 0 aliphatic heterocycles. The first kappa shape index (κ1) is 13.1. The standard InChI is InChI=1S/C16H13FN4/c1-2-16-20-13-8-10(19)6-7-15(13)21(16)14-5-3-4-12(17)11(14)9-18/h3-8H,2,19H2,1H3. The SMILES string of the molecule is CCc1nc2cc(N)ccc2n1-c1cccc(F)c1C#N. The molecule has 0 fully saturated rings. The van der Waals surface area contributed by atoms with Crippen LogP contribution in [0.2, 0.25) is 0 Å². The zero-order chi connectivity index (χ0) is 15.0. The summed E-state index contributed by atoms with van der Waals surface area (Å²) in [6.07, 6.45) is 0.663. The Morgan fingerprint density at radius 1 is 1.33 bits per heavy atom. The highest BCUT2D eigenvalue weighted by atomic mass is 19.1. The number of hydrogen-bond donors (Lipinski definition) is 1. The number of halogens is 1. The van der Waals surface area contributed by atoms with Gasteiger partial charge in [-0.2, -0.15) is 5.26 Å². The van der Waals surface area contributed by atoms with Gasteiger partial charge in [0.1, 0.15) is 23.3 Å². The summed E-state index contributed by atoms with van der Waals surface area (Å²) in [4.78, 5) is 4.52. The number of nitrogens with two attached hydrogens (primary N) is 1. The minimum absolute atomic E-state index is 0.0170. The maximum atomic E-state index is 13.9. The van der Waals surface area contributed by atoms with Crippen molar-refractivity contribution in [2.24, 2.45) is 0 Å². The van der Waals surface area contributed by atoms with E-state index in [1.165, 1.54) is 6.07 Å². The molecule has 0 aliphatic rings. The predicted molar refractivity (Wildman–Crippen MR) is 79.5 cm³/mol. The van der Waals surface area contributed by atoms with Crippen LogP contribution >= 0.6 is 0 Å². The Hall–Kier alpha value is -2.87. The summed E-state index contributed by atoms with van der Waals surface area (Å²) in [7, 11) is 0. The van der Waals surface area contributed by atoms with Crippen LogP contribution in [-0.4, -0.2) is 9.55 Å². The third-order valence-corrected chi connectivity index (χ3v) is 3.41. The number of fused-ring (bicyclic) bond motifs is 1. The lowest BCUT2D eigenvalue weighted by Crippen LogP contribution is -2.04. The lowest BCUT2D eigenvalue weighted by Gasteiger charge is -2.10. The summed E-state index contributed by atoms with van der Waals surface area (Å²) < 4.78 is 15.7. The average molecular weight is 280 g/mol. The fourth-order valence-electron chi connectivity index (χ4n) is 2.46. The van der Waals surface area contributed by atoms with Crippen LogP contribution in [0.1, 0.15) is 18.3 Å². The first-order valence-corrected chi connectivity index (χ1v) is 6.61. The number of nitriles is 1. The average Bonchev–Trinajstić information content (AvgIpc) is 2.84. The van der Waals surface area contributed by atoms with Gasteiger partial charge in [0.2, 0.25) is 0 Å². The summed E-state index contributed by atoms with van der Waals surface area (Å²) in [5, 5.41) is 9.23. The number of anilines is 1. The van der Waals surface area contributed by atoms with Gasteiger partial charge in [-0.25, -0.2) is 9.37 Å². The molecule has 1 aromatic heterocycles. The number of hydrogen-bond acceptors (Lipinski definition) is 3. The van der Waals surface area contributed by atoms with Crippen LogP contribution in [0.5, 0.6) is 0 Å². The van der Waals surface area contributed by atoms with Gasteiger partial charge in [0, 0.05) is 12.1 Å². The predicted octanol–water partition coefficient (Wildman–Crippen LogP) is 3.18. The fourth-order valence-corrected chi connectivity index (χ4v) is 2.46. The molecule has 3 aromatic rings. The van der Waals surface area contributed by atoms with Crippen molar-refractivity contribution < 1.29 is 4.39 Å². The number of aromatic nitrogens is 2. The van der Waals surface area contributed by atoms with Crippen LogP contribution in [-0.2, 0) is 6.42 Å². The number of rotatable bonds is 2. The molecule has 1 heterocycles. The van der Waals surface area contributed by atoms with Crippen molar-refractivity contribution in [1.29, 1.82) is 5.26 Å². The lowest BCUT2D eigenvalue weighted by molar-refractivity contribution is 0.622. The molecule has 0 unspecified atom stereocenters. The molecule has 0 spiro atoms. The minimum Gasteiger partial charge on any atom is -0.399 e. The smallest absolute Gasteiger partial charge is 0.143 e. The van der Waals surface area contributed by atoms with Crippen LogP contribution in [0.25, 0.3) is 16.7 Å². The number of benzene rings is 2. The van der Waals surface area contributed by atoms with Crippen molar-refractivity contribution in [2.45, 2.75) is 13.3 Å². The first-order chi connectivity index (χ1) is 10.2. The highest BCUT2D eigenvalue weighted by Crippen LogP contribution is 2.26. The molecule has 0 aliphatic carbocycles. The maximum Gasteiger partial charge on any atom is 0.143 e. The van der Waals surface area contributed by atoms with Gasteiger partial charge in [-0.05, 0) is 30.3 Å². The molecular formula is C16H13FN4. The molecule has 5 heteroatoms. The number of nitrogen functional groups attached to an aromatic ring is 1. The molecule has 21 heavy (non-hydrogen) atoms. The maximum absolute atomic E-state index is 13.9. The Morgan fingerprint density at radius 2 is 2.14 bits per heavy atom. The zero-order valence-electron chi connectivity index (χ0n) is 11.5. The Labute approximate surface area is 121 Å². The second kappa shape index (κ2) is 4.91. The molecule has 2 aromatic carbocycles. The quantitative estimate of drug-likeness (QED) is 0.733. The summed E-state index contributed by atoms with van der Waals surface area (Å²) >= 11 is 0. The third kappa shape index (κ3) is 2.01. The van der Waals surface area contributed by atoms with Gasteiger partial charge in [0.15, 0.2) is 0 Å². The van der Waals surface area contributed by atoms with Crippen LogP contribution in [0.3, 0.4) is 0 Å². The second-order valence-electron chi connectivity index (χ2n) is 4.71. The number of aryl methyl sites for hydroxylation is 1. The lowest BCUT2D eigenvalue weighted by atomic mass is 10.1. The summed E-state index contributed by atoms with van der Waals surface area (Å²) in [6.45, 7) is 1.96. The van der Waals surface area contributed by atoms with E-state index in [1.54, 1.807) is 24.3 Å².